The molecule has 1 fully saturated rings. The van der Waals surface area contributed by atoms with Gasteiger partial charge < -0.3 is 14.7 Å². The number of carbonyl (C=O) groups excluding carboxylic acids is 1. The molecule has 1 atom stereocenters. The second-order valence-electron chi connectivity index (χ2n) is 4.86. The molecule has 1 aromatic rings. The molecule has 0 aliphatic carbocycles. The third kappa shape index (κ3) is 2.67. The number of hydrogen-bond donors (Lipinski definition) is 1. The quantitative estimate of drug-likeness (QED) is 0.598. The molecule has 0 bridgehead atoms. The summed E-state index contributed by atoms with van der Waals surface area (Å²) >= 11 is 0. The molecule has 6 heteroatoms. The van der Waals surface area contributed by atoms with Gasteiger partial charge in [-0.2, -0.15) is 0 Å². The standard InChI is InChI=1S/C13H17N3O3/c1-9-8-16(6-4-11(9)14-19)13(18)10-3-5-15(2)12(17)7-10/h3,5,7,9,19H,4,6,8H2,1-2H3/b14-11+. The summed E-state index contributed by atoms with van der Waals surface area (Å²) < 4.78 is 1.42. The van der Waals surface area contributed by atoms with Gasteiger partial charge in [-0.25, -0.2) is 0 Å². The average molecular weight is 263 g/mol. The first-order valence-electron chi connectivity index (χ1n) is 6.19. The minimum atomic E-state index is -0.200. The van der Waals surface area contributed by atoms with Crippen LogP contribution in [0.5, 0.6) is 0 Å². The predicted octanol–water partition coefficient (Wildman–Crippen LogP) is 0.697. The van der Waals surface area contributed by atoms with E-state index in [9.17, 15) is 9.59 Å². The number of oxime groups is 1. The number of likely N-dealkylation sites (tertiary alicyclic amines) is 1. The Morgan fingerprint density at radius 1 is 1.53 bits per heavy atom. The molecule has 0 radical (unpaired) electrons. The number of aromatic nitrogens is 1. The Bertz CT molecular complexity index is 577. The molecule has 1 aliphatic rings. The summed E-state index contributed by atoms with van der Waals surface area (Å²) in [6, 6.07) is 2.99. The molecule has 1 aliphatic heterocycles. The molecule has 2 rings (SSSR count). The van der Waals surface area contributed by atoms with Gasteiger partial charge in [0.25, 0.3) is 11.5 Å². The first-order valence-corrected chi connectivity index (χ1v) is 6.19. The van der Waals surface area contributed by atoms with Crippen molar-refractivity contribution in [3.05, 3.63) is 34.2 Å². The van der Waals surface area contributed by atoms with Crippen LogP contribution in [0.2, 0.25) is 0 Å². The van der Waals surface area contributed by atoms with Crippen LogP contribution in [-0.4, -0.2) is 39.4 Å². The third-order valence-electron chi connectivity index (χ3n) is 3.47. The van der Waals surface area contributed by atoms with Crippen LogP contribution in [0, 0.1) is 5.92 Å². The van der Waals surface area contributed by atoms with Gasteiger partial charge in [0.05, 0.1) is 5.71 Å². The van der Waals surface area contributed by atoms with Gasteiger partial charge in [0.1, 0.15) is 0 Å². The minimum Gasteiger partial charge on any atom is -0.411 e. The summed E-state index contributed by atoms with van der Waals surface area (Å²) in [7, 11) is 1.64. The molecule has 1 aromatic heterocycles. The molecular formula is C13H17N3O3. The Hall–Kier alpha value is -2.11. The minimum absolute atomic E-state index is 0.0363. The van der Waals surface area contributed by atoms with E-state index in [0.717, 1.165) is 0 Å². The van der Waals surface area contributed by atoms with E-state index in [4.69, 9.17) is 5.21 Å². The number of carbonyl (C=O) groups is 1. The van der Waals surface area contributed by atoms with E-state index in [1.807, 2.05) is 6.92 Å². The molecular weight excluding hydrogens is 246 g/mol. The lowest BCUT2D eigenvalue weighted by Gasteiger charge is -2.31. The summed E-state index contributed by atoms with van der Waals surface area (Å²) in [5, 5.41) is 12.1. The van der Waals surface area contributed by atoms with E-state index >= 15 is 0 Å². The molecule has 0 aromatic carbocycles. The zero-order valence-corrected chi connectivity index (χ0v) is 11.0. The molecule has 1 N–H and O–H groups in total. The maximum absolute atomic E-state index is 12.3. The van der Waals surface area contributed by atoms with Crippen molar-refractivity contribution in [2.24, 2.45) is 18.1 Å². The zero-order valence-electron chi connectivity index (χ0n) is 11.0. The number of piperidine rings is 1. The van der Waals surface area contributed by atoms with Crippen LogP contribution < -0.4 is 5.56 Å². The van der Waals surface area contributed by atoms with E-state index in [-0.39, 0.29) is 17.4 Å². The lowest BCUT2D eigenvalue weighted by Crippen LogP contribution is -2.43. The van der Waals surface area contributed by atoms with Crippen LogP contribution in [0.15, 0.2) is 28.3 Å². The van der Waals surface area contributed by atoms with Crippen LogP contribution in [0.1, 0.15) is 23.7 Å². The summed E-state index contributed by atoms with van der Waals surface area (Å²) in [6.07, 6.45) is 2.15. The smallest absolute Gasteiger partial charge is 0.254 e. The monoisotopic (exact) mass is 263 g/mol. The highest BCUT2D eigenvalue weighted by molar-refractivity contribution is 5.96. The maximum atomic E-state index is 12.3. The molecule has 0 saturated carbocycles. The molecule has 1 saturated heterocycles. The fourth-order valence-electron chi connectivity index (χ4n) is 2.22. The van der Waals surface area contributed by atoms with Gasteiger partial charge in [-0.1, -0.05) is 12.1 Å². The molecule has 2 heterocycles. The highest BCUT2D eigenvalue weighted by Gasteiger charge is 2.26. The first kappa shape index (κ1) is 13.3. The summed E-state index contributed by atoms with van der Waals surface area (Å²) in [6.45, 7) is 2.93. The van der Waals surface area contributed by atoms with Crippen LogP contribution in [-0.2, 0) is 7.05 Å². The van der Waals surface area contributed by atoms with Gasteiger partial charge in [-0.3, -0.25) is 9.59 Å². The van der Waals surface area contributed by atoms with Gasteiger partial charge in [0, 0.05) is 50.3 Å². The Morgan fingerprint density at radius 3 is 2.84 bits per heavy atom. The molecule has 6 nitrogen and oxygen atoms in total. The normalized spacial score (nSPS) is 21.7. The molecule has 1 unspecified atom stereocenters. The number of rotatable bonds is 1. The fourth-order valence-corrected chi connectivity index (χ4v) is 2.22. The average Bonchev–Trinajstić information content (AvgIpc) is 2.41. The Kier molecular flexibility index (Phi) is 3.69. The predicted molar refractivity (Wildman–Crippen MR) is 70.6 cm³/mol. The van der Waals surface area contributed by atoms with Gasteiger partial charge in [-0.15, -0.1) is 0 Å². The molecule has 102 valence electrons. The number of nitrogens with zero attached hydrogens (tertiary/aromatic N) is 3. The SMILES string of the molecule is CC1CN(C(=O)c2ccn(C)c(=O)c2)CC/C1=N\O. The highest BCUT2D eigenvalue weighted by Crippen LogP contribution is 2.16. The van der Waals surface area contributed by atoms with Gasteiger partial charge in [-0.05, 0) is 6.07 Å². The van der Waals surface area contributed by atoms with Crippen molar-refractivity contribution < 1.29 is 10.0 Å². The summed E-state index contributed by atoms with van der Waals surface area (Å²) in [5.41, 5.74) is 0.918. The van der Waals surface area contributed by atoms with E-state index in [1.165, 1.54) is 10.6 Å². The first-order chi connectivity index (χ1) is 9.02. The summed E-state index contributed by atoms with van der Waals surface area (Å²) in [5.74, 6) is -0.115. The molecule has 0 spiro atoms. The van der Waals surface area contributed by atoms with Gasteiger partial charge in [0.2, 0.25) is 0 Å². The highest BCUT2D eigenvalue weighted by atomic mass is 16.4. The zero-order chi connectivity index (χ0) is 14.0. The van der Waals surface area contributed by atoms with Crippen molar-refractivity contribution in [2.45, 2.75) is 13.3 Å². The van der Waals surface area contributed by atoms with Crippen molar-refractivity contribution in [2.75, 3.05) is 13.1 Å². The Balaban J connectivity index is 2.17. The number of amides is 1. The molecule has 1 amide bonds. The Labute approximate surface area is 111 Å². The largest absolute Gasteiger partial charge is 0.411 e. The Morgan fingerprint density at radius 2 is 2.26 bits per heavy atom. The maximum Gasteiger partial charge on any atom is 0.254 e. The van der Waals surface area contributed by atoms with Crippen LogP contribution >= 0.6 is 0 Å². The summed E-state index contributed by atoms with van der Waals surface area (Å²) in [4.78, 5) is 25.5. The van der Waals surface area contributed by atoms with Crippen LogP contribution in [0.3, 0.4) is 0 Å². The van der Waals surface area contributed by atoms with Crippen molar-refractivity contribution in [3.8, 4) is 0 Å². The van der Waals surface area contributed by atoms with E-state index in [1.54, 1.807) is 24.2 Å². The van der Waals surface area contributed by atoms with Crippen LogP contribution in [0.4, 0.5) is 0 Å². The lowest BCUT2D eigenvalue weighted by molar-refractivity contribution is 0.0733. The van der Waals surface area contributed by atoms with Gasteiger partial charge in [0.15, 0.2) is 0 Å². The number of pyridine rings is 1. The van der Waals surface area contributed by atoms with Crippen molar-refractivity contribution >= 4 is 11.6 Å². The van der Waals surface area contributed by atoms with Crippen molar-refractivity contribution in [1.82, 2.24) is 9.47 Å². The second-order valence-corrected chi connectivity index (χ2v) is 4.86. The number of hydrogen-bond acceptors (Lipinski definition) is 4. The molecule has 19 heavy (non-hydrogen) atoms. The van der Waals surface area contributed by atoms with E-state index < -0.39 is 0 Å². The second kappa shape index (κ2) is 5.26. The van der Waals surface area contributed by atoms with Gasteiger partial charge >= 0.3 is 0 Å². The van der Waals surface area contributed by atoms with Crippen molar-refractivity contribution in [1.29, 1.82) is 0 Å². The topological polar surface area (TPSA) is 74.9 Å². The van der Waals surface area contributed by atoms with Crippen molar-refractivity contribution in [3.63, 3.8) is 0 Å². The fraction of sp³-hybridized carbons (Fsp3) is 0.462. The number of aryl methyl sites for hydroxylation is 1. The van der Waals surface area contributed by atoms with E-state index in [0.29, 0.717) is 30.8 Å². The van der Waals surface area contributed by atoms with Crippen LogP contribution in [0.25, 0.3) is 0 Å². The van der Waals surface area contributed by atoms with E-state index in [2.05, 4.69) is 5.16 Å². The third-order valence-corrected chi connectivity index (χ3v) is 3.47. The lowest BCUT2D eigenvalue weighted by atomic mass is 9.97.